The average molecular weight is 338 g/mol. The summed E-state index contributed by atoms with van der Waals surface area (Å²) in [6.45, 7) is 1.70. The number of aliphatic hydroxyl groups excluding tert-OH is 1. The van der Waals surface area contributed by atoms with E-state index in [1.54, 1.807) is 37.3 Å². The van der Waals surface area contributed by atoms with E-state index in [1.165, 1.54) is 0 Å². The van der Waals surface area contributed by atoms with Gasteiger partial charge in [0.25, 0.3) is 0 Å². The summed E-state index contributed by atoms with van der Waals surface area (Å²) in [4.78, 5) is 14.3. The minimum atomic E-state index is -0.290. The van der Waals surface area contributed by atoms with Crippen LogP contribution in [0.4, 0.5) is 4.53 Å². The van der Waals surface area contributed by atoms with Crippen LogP contribution < -0.4 is 9.68 Å². The summed E-state index contributed by atoms with van der Waals surface area (Å²) in [7, 11) is 0. The van der Waals surface area contributed by atoms with Crippen molar-refractivity contribution < 1.29 is 19.3 Å². The maximum absolute atomic E-state index is 12.2. The summed E-state index contributed by atoms with van der Waals surface area (Å²) < 4.78 is 17.7. The summed E-state index contributed by atoms with van der Waals surface area (Å²) in [6, 6.07) is 8.42. The van der Waals surface area contributed by atoms with Crippen LogP contribution in [0.3, 0.4) is 0 Å². The highest BCUT2D eigenvalue weighted by molar-refractivity contribution is 6.33. The van der Waals surface area contributed by atoms with Gasteiger partial charge in [-0.2, -0.15) is 4.98 Å². The molecule has 0 spiro atoms. The number of hydrogen-bond donors (Lipinski definition) is 2. The molecule has 23 heavy (non-hydrogen) atoms. The van der Waals surface area contributed by atoms with E-state index in [0.29, 0.717) is 27.6 Å². The van der Waals surface area contributed by atoms with Crippen molar-refractivity contribution in [1.29, 1.82) is 0 Å². The van der Waals surface area contributed by atoms with Crippen LogP contribution in [-0.4, -0.2) is 32.8 Å². The SMILES string of the molecule is CC(CO)Oc1ccc(-c2nc3nc(OF)[nH]c3cc2Cl)cc1. The second-order valence-electron chi connectivity index (χ2n) is 4.94. The number of benzene rings is 1. The molecule has 0 radical (unpaired) electrons. The molecule has 3 rings (SSSR count). The molecule has 0 aliphatic heterocycles. The number of pyridine rings is 1. The molecule has 0 saturated carbocycles. The van der Waals surface area contributed by atoms with Crippen molar-refractivity contribution in [3.05, 3.63) is 35.4 Å². The molecule has 2 aromatic heterocycles. The molecule has 120 valence electrons. The van der Waals surface area contributed by atoms with Crippen molar-refractivity contribution in [3.8, 4) is 23.0 Å². The molecule has 3 aromatic rings. The second-order valence-corrected chi connectivity index (χ2v) is 5.35. The summed E-state index contributed by atoms with van der Waals surface area (Å²) in [5.41, 5.74) is 2.04. The fourth-order valence-corrected chi connectivity index (χ4v) is 2.36. The number of rotatable bonds is 5. The van der Waals surface area contributed by atoms with Gasteiger partial charge in [0.2, 0.25) is 0 Å². The first kappa shape index (κ1) is 15.5. The van der Waals surface area contributed by atoms with Crippen LogP contribution in [0.2, 0.25) is 5.02 Å². The van der Waals surface area contributed by atoms with Gasteiger partial charge in [0.15, 0.2) is 5.65 Å². The lowest BCUT2D eigenvalue weighted by Gasteiger charge is -2.12. The Bertz CT molecular complexity index is 823. The maximum atomic E-state index is 12.2. The Balaban J connectivity index is 1.94. The third kappa shape index (κ3) is 3.20. The van der Waals surface area contributed by atoms with Crippen LogP contribution in [-0.2, 0) is 0 Å². The molecule has 0 saturated heterocycles. The normalized spacial score (nSPS) is 12.3. The zero-order chi connectivity index (χ0) is 16.4. The first-order valence-electron chi connectivity index (χ1n) is 6.83. The lowest BCUT2D eigenvalue weighted by Crippen LogP contribution is -2.15. The highest BCUT2D eigenvalue weighted by Gasteiger charge is 2.12. The average Bonchev–Trinajstić information content (AvgIpc) is 2.96. The number of aromatic amines is 1. The number of aromatic nitrogens is 3. The van der Waals surface area contributed by atoms with E-state index >= 15 is 0 Å². The largest absolute Gasteiger partial charge is 0.488 e. The molecule has 0 amide bonds. The van der Waals surface area contributed by atoms with Gasteiger partial charge in [-0.15, -0.1) is 0 Å². The monoisotopic (exact) mass is 337 g/mol. The Hall–Kier alpha value is -2.38. The lowest BCUT2D eigenvalue weighted by molar-refractivity contribution is -0.0164. The van der Waals surface area contributed by atoms with E-state index < -0.39 is 0 Å². The molecular formula is C15H13ClFN3O3. The van der Waals surface area contributed by atoms with E-state index in [1.807, 2.05) is 0 Å². The summed E-state index contributed by atoms with van der Waals surface area (Å²) in [6.07, 6.45) is -0.290. The highest BCUT2D eigenvalue weighted by atomic mass is 35.5. The van der Waals surface area contributed by atoms with Crippen LogP contribution in [0.25, 0.3) is 22.4 Å². The van der Waals surface area contributed by atoms with Crippen molar-refractivity contribution in [2.24, 2.45) is 0 Å². The van der Waals surface area contributed by atoms with Gasteiger partial charge in [-0.25, -0.2) is 4.98 Å². The number of H-pyrrole nitrogens is 1. The van der Waals surface area contributed by atoms with Crippen LogP contribution in [0.1, 0.15) is 6.92 Å². The Labute approximate surface area is 135 Å². The van der Waals surface area contributed by atoms with Gasteiger partial charge in [0.1, 0.15) is 11.9 Å². The van der Waals surface area contributed by atoms with E-state index in [2.05, 4.69) is 19.9 Å². The van der Waals surface area contributed by atoms with Crippen LogP contribution in [0.5, 0.6) is 11.8 Å². The number of imidazole rings is 1. The molecule has 8 heteroatoms. The predicted molar refractivity (Wildman–Crippen MR) is 83.2 cm³/mol. The molecule has 0 aliphatic carbocycles. The summed E-state index contributed by atoms with van der Waals surface area (Å²) in [5.74, 6) is 0.625. The van der Waals surface area contributed by atoms with Gasteiger partial charge in [0, 0.05) is 10.1 Å². The number of aliphatic hydroxyl groups is 1. The first-order valence-corrected chi connectivity index (χ1v) is 7.21. The zero-order valence-corrected chi connectivity index (χ0v) is 12.8. The molecule has 0 aliphatic rings. The summed E-state index contributed by atoms with van der Waals surface area (Å²) in [5, 5.41) is 9.38. The molecule has 6 nitrogen and oxygen atoms in total. The molecule has 0 bridgehead atoms. The highest BCUT2D eigenvalue weighted by Crippen LogP contribution is 2.30. The fourth-order valence-electron chi connectivity index (χ4n) is 2.10. The van der Waals surface area contributed by atoms with Crippen molar-refractivity contribution in [2.75, 3.05) is 6.61 Å². The van der Waals surface area contributed by atoms with E-state index in [9.17, 15) is 4.53 Å². The molecular weight excluding hydrogens is 325 g/mol. The molecule has 2 N–H and O–H groups in total. The topological polar surface area (TPSA) is 80.3 Å². The minimum absolute atomic E-state index is 0.0655. The fraction of sp³-hybridized carbons (Fsp3) is 0.200. The minimum Gasteiger partial charge on any atom is -0.488 e. The van der Waals surface area contributed by atoms with Crippen LogP contribution in [0.15, 0.2) is 30.3 Å². The van der Waals surface area contributed by atoms with Gasteiger partial charge in [-0.05, 0) is 37.3 Å². The Morgan fingerprint density at radius 2 is 2.04 bits per heavy atom. The number of fused-ring (bicyclic) bond motifs is 1. The molecule has 1 atom stereocenters. The Kier molecular flexibility index (Phi) is 4.31. The van der Waals surface area contributed by atoms with Crippen molar-refractivity contribution in [3.63, 3.8) is 0 Å². The third-order valence-corrected chi connectivity index (χ3v) is 3.49. The van der Waals surface area contributed by atoms with Crippen LogP contribution in [0, 0.1) is 0 Å². The van der Waals surface area contributed by atoms with E-state index in [-0.39, 0.29) is 18.7 Å². The maximum Gasteiger partial charge on any atom is 0.340 e. The molecule has 1 unspecified atom stereocenters. The Morgan fingerprint density at radius 3 is 2.70 bits per heavy atom. The van der Waals surface area contributed by atoms with E-state index in [0.717, 1.165) is 5.56 Å². The number of hydrogen-bond acceptors (Lipinski definition) is 5. The summed E-state index contributed by atoms with van der Waals surface area (Å²) >= 11 is 6.23. The van der Waals surface area contributed by atoms with Gasteiger partial charge in [-0.3, -0.25) is 4.94 Å². The first-order chi connectivity index (χ1) is 11.1. The number of ether oxygens (including phenoxy) is 1. The quantitative estimate of drug-likeness (QED) is 0.746. The Morgan fingerprint density at radius 1 is 1.30 bits per heavy atom. The van der Waals surface area contributed by atoms with Gasteiger partial charge >= 0.3 is 6.01 Å². The molecule has 2 heterocycles. The second kappa shape index (κ2) is 6.39. The van der Waals surface area contributed by atoms with Gasteiger partial charge in [0.05, 0.1) is 22.8 Å². The van der Waals surface area contributed by atoms with Crippen molar-refractivity contribution in [2.45, 2.75) is 13.0 Å². The third-order valence-electron chi connectivity index (χ3n) is 3.20. The molecule has 1 aromatic carbocycles. The van der Waals surface area contributed by atoms with E-state index in [4.69, 9.17) is 21.4 Å². The van der Waals surface area contributed by atoms with Crippen molar-refractivity contribution >= 4 is 22.8 Å². The zero-order valence-electron chi connectivity index (χ0n) is 12.1. The van der Waals surface area contributed by atoms with Gasteiger partial charge in [-0.1, -0.05) is 11.6 Å². The smallest absolute Gasteiger partial charge is 0.340 e. The van der Waals surface area contributed by atoms with Gasteiger partial charge < -0.3 is 14.8 Å². The number of nitrogens with zero attached hydrogens (tertiary/aromatic N) is 2. The predicted octanol–water partition coefficient (Wildman–Crippen LogP) is 3.30. The standard InChI is InChI=1S/C15H13ClFN3O3/c1-8(7-21)22-10-4-2-9(3-5-10)13-11(16)6-12-14(19-13)20-15(18-12)23-17/h2-6,8,21H,7H2,1H3,(H,18,19,20). The number of nitrogens with one attached hydrogen (secondary N) is 1. The van der Waals surface area contributed by atoms with Crippen LogP contribution >= 0.6 is 11.6 Å². The molecule has 0 fully saturated rings. The lowest BCUT2D eigenvalue weighted by atomic mass is 10.1. The number of halogens is 2. The van der Waals surface area contributed by atoms with Crippen molar-refractivity contribution in [1.82, 2.24) is 15.0 Å².